The highest BCUT2D eigenvalue weighted by atomic mass is 19.4. The van der Waals surface area contributed by atoms with Crippen LogP contribution in [0.3, 0.4) is 0 Å². The minimum absolute atomic E-state index is 0.0874. The molecule has 0 unspecified atom stereocenters. The number of pyridine rings is 1. The predicted molar refractivity (Wildman–Crippen MR) is 122 cm³/mol. The van der Waals surface area contributed by atoms with Gasteiger partial charge in [-0.3, -0.25) is 0 Å². The van der Waals surface area contributed by atoms with Gasteiger partial charge in [0.25, 0.3) is 0 Å². The van der Waals surface area contributed by atoms with Crippen molar-refractivity contribution in [3.8, 4) is 0 Å². The second-order valence-electron chi connectivity index (χ2n) is 9.45. The number of nitrogens with zero attached hydrogens (tertiary/aromatic N) is 5. The third-order valence-electron chi connectivity index (χ3n) is 6.99. The average molecular weight is 475 g/mol. The fraction of sp³-hybridized carbons (Fsp3) is 0.458. The molecule has 180 valence electrons. The van der Waals surface area contributed by atoms with Crippen LogP contribution in [0, 0.1) is 12.7 Å². The second kappa shape index (κ2) is 8.04. The zero-order valence-corrected chi connectivity index (χ0v) is 19.2. The number of hydrogen-bond acceptors (Lipinski definition) is 6. The van der Waals surface area contributed by atoms with Gasteiger partial charge in [-0.25, -0.2) is 9.37 Å². The first-order valence-corrected chi connectivity index (χ1v) is 11.3. The van der Waals surface area contributed by atoms with E-state index in [0.29, 0.717) is 11.5 Å². The molecule has 2 aromatic heterocycles. The van der Waals surface area contributed by atoms with Gasteiger partial charge in [0.2, 0.25) is 0 Å². The molecule has 4 heterocycles. The summed E-state index contributed by atoms with van der Waals surface area (Å²) in [6.45, 7) is 6.31. The number of halogens is 4. The van der Waals surface area contributed by atoms with Crippen molar-refractivity contribution in [1.82, 2.24) is 20.1 Å². The normalized spacial score (nSPS) is 19.0. The van der Waals surface area contributed by atoms with Crippen molar-refractivity contribution >= 4 is 22.4 Å². The Balaban J connectivity index is 1.51. The quantitative estimate of drug-likeness (QED) is 0.540. The Morgan fingerprint density at radius 1 is 1.15 bits per heavy atom. The lowest BCUT2D eigenvalue weighted by Crippen LogP contribution is -2.66. The van der Waals surface area contributed by atoms with E-state index < -0.39 is 23.6 Å². The molecule has 10 heteroatoms. The largest absolute Gasteiger partial charge is 0.419 e. The van der Waals surface area contributed by atoms with Gasteiger partial charge < -0.3 is 15.1 Å². The molecule has 5 rings (SSSR count). The van der Waals surface area contributed by atoms with E-state index in [1.807, 2.05) is 13.0 Å². The number of likely N-dealkylation sites (tertiary alicyclic amines) is 1. The topological polar surface area (TPSA) is 57.2 Å². The van der Waals surface area contributed by atoms with Crippen molar-refractivity contribution in [2.75, 3.05) is 36.9 Å². The number of aromatic nitrogens is 3. The van der Waals surface area contributed by atoms with Crippen molar-refractivity contribution in [3.63, 3.8) is 0 Å². The molecule has 1 spiro atoms. The van der Waals surface area contributed by atoms with Gasteiger partial charge in [-0.2, -0.15) is 18.3 Å². The maximum atomic E-state index is 14.7. The molecule has 1 aromatic carbocycles. The van der Waals surface area contributed by atoms with E-state index in [-0.39, 0.29) is 11.1 Å². The summed E-state index contributed by atoms with van der Waals surface area (Å²) in [7, 11) is 2.10. The van der Waals surface area contributed by atoms with Gasteiger partial charge in [0.05, 0.1) is 22.8 Å². The average Bonchev–Trinajstić information content (AvgIpc) is 3.19. The molecule has 2 aliphatic heterocycles. The lowest BCUT2D eigenvalue weighted by Gasteiger charge is -2.52. The summed E-state index contributed by atoms with van der Waals surface area (Å²) in [5.74, 6) is -0.0613. The van der Waals surface area contributed by atoms with E-state index in [2.05, 4.69) is 32.4 Å². The molecule has 0 radical (unpaired) electrons. The molecule has 2 aliphatic rings. The van der Waals surface area contributed by atoms with Gasteiger partial charge in [-0.1, -0.05) is 12.1 Å². The maximum absolute atomic E-state index is 14.7. The number of nitrogens with one attached hydrogen (secondary N) is 1. The van der Waals surface area contributed by atoms with E-state index in [4.69, 9.17) is 4.98 Å². The first-order chi connectivity index (χ1) is 16.1. The van der Waals surface area contributed by atoms with Gasteiger partial charge in [0, 0.05) is 42.2 Å². The monoisotopic (exact) mass is 474 g/mol. The van der Waals surface area contributed by atoms with Gasteiger partial charge in [-0.15, -0.1) is 5.10 Å². The molecule has 3 aromatic rings. The Bertz CT molecular complexity index is 1240. The number of hydrogen-bond donors (Lipinski definition) is 1. The summed E-state index contributed by atoms with van der Waals surface area (Å²) in [4.78, 5) is 9.34. The van der Waals surface area contributed by atoms with Crippen LogP contribution >= 0.6 is 0 Å². The summed E-state index contributed by atoms with van der Waals surface area (Å²) in [6, 6.07) is 4.49. The van der Waals surface area contributed by atoms with Crippen LogP contribution in [-0.4, -0.2) is 52.3 Å². The Labute approximate surface area is 195 Å². The molecule has 2 saturated heterocycles. The number of aryl methyl sites for hydroxylation is 1. The number of fused-ring (bicyclic) bond motifs is 1. The molecule has 6 nitrogen and oxygen atoms in total. The zero-order chi connectivity index (χ0) is 24.3. The van der Waals surface area contributed by atoms with Crippen molar-refractivity contribution in [2.24, 2.45) is 0 Å². The maximum Gasteiger partial charge on any atom is 0.419 e. The van der Waals surface area contributed by atoms with E-state index in [1.165, 1.54) is 12.1 Å². The van der Waals surface area contributed by atoms with Crippen LogP contribution in [0.5, 0.6) is 0 Å². The summed E-state index contributed by atoms with van der Waals surface area (Å²) >= 11 is 0. The lowest BCUT2D eigenvalue weighted by atomic mass is 9.87. The molecule has 1 atom stereocenters. The van der Waals surface area contributed by atoms with Gasteiger partial charge in [0.1, 0.15) is 11.6 Å². The van der Waals surface area contributed by atoms with Crippen LogP contribution in [0.15, 0.2) is 30.5 Å². The van der Waals surface area contributed by atoms with Crippen molar-refractivity contribution in [1.29, 1.82) is 0 Å². The molecular weight excluding hydrogens is 448 g/mol. The number of alkyl halides is 3. The fourth-order valence-corrected chi connectivity index (χ4v) is 5.38. The van der Waals surface area contributed by atoms with Gasteiger partial charge >= 0.3 is 6.18 Å². The van der Waals surface area contributed by atoms with Crippen molar-refractivity contribution < 1.29 is 17.6 Å². The van der Waals surface area contributed by atoms with Crippen LogP contribution in [0.2, 0.25) is 0 Å². The van der Waals surface area contributed by atoms with Gasteiger partial charge in [-0.05, 0) is 45.9 Å². The highest BCUT2D eigenvalue weighted by Crippen LogP contribution is 2.41. The molecule has 0 amide bonds. The molecular formula is C24H26F4N6. The fourth-order valence-electron chi connectivity index (χ4n) is 5.38. The third-order valence-corrected chi connectivity index (χ3v) is 6.99. The number of rotatable bonds is 4. The van der Waals surface area contributed by atoms with E-state index in [0.717, 1.165) is 55.1 Å². The molecule has 1 N–H and O–H groups in total. The minimum Gasteiger partial charge on any atom is -0.361 e. The Hall–Kier alpha value is -3.01. The summed E-state index contributed by atoms with van der Waals surface area (Å²) in [5.41, 5.74) is -0.588. The SMILES string of the molecule is Cc1nnc(N[C@H](C)c2cccc(C(F)(F)F)c2F)c2cc(N3CCCC34CN(C)C4)ncc12. The molecule has 0 saturated carbocycles. The summed E-state index contributed by atoms with van der Waals surface area (Å²) < 4.78 is 54.3. The lowest BCUT2D eigenvalue weighted by molar-refractivity contribution is -0.140. The minimum atomic E-state index is -4.77. The second-order valence-corrected chi connectivity index (χ2v) is 9.45. The Morgan fingerprint density at radius 2 is 1.91 bits per heavy atom. The van der Waals surface area contributed by atoms with Gasteiger partial charge in [0.15, 0.2) is 5.82 Å². The first kappa shape index (κ1) is 22.8. The first-order valence-electron chi connectivity index (χ1n) is 11.3. The zero-order valence-electron chi connectivity index (χ0n) is 19.2. The highest BCUT2D eigenvalue weighted by molar-refractivity contribution is 5.94. The van der Waals surface area contributed by atoms with Crippen LogP contribution in [0.1, 0.15) is 42.6 Å². The molecule has 2 fully saturated rings. The molecule has 0 aliphatic carbocycles. The van der Waals surface area contributed by atoms with E-state index in [1.54, 1.807) is 13.1 Å². The Kier molecular flexibility index (Phi) is 5.38. The number of benzene rings is 1. The van der Waals surface area contributed by atoms with Crippen LogP contribution in [0.25, 0.3) is 10.8 Å². The number of likely N-dealkylation sites (N-methyl/N-ethyl adjacent to an activating group) is 1. The molecule has 0 bridgehead atoms. The Morgan fingerprint density at radius 3 is 2.62 bits per heavy atom. The van der Waals surface area contributed by atoms with Crippen LogP contribution < -0.4 is 10.2 Å². The summed E-state index contributed by atoms with van der Waals surface area (Å²) in [6.07, 6.45) is -0.790. The van der Waals surface area contributed by atoms with Crippen molar-refractivity contribution in [3.05, 3.63) is 53.1 Å². The van der Waals surface area contributed by atoms with E-state index >= 15 is 0 Å². The summed E-state index contributed by atoms with van der Waals surface area (Å²) in [5, 5.41) is 13.1. The van der Waals surface area contributed by atoms with Crippen LogP contribution in [0.4, 0.5) is 29.2 Å². The predicted octanol–water partition coefficient (Wildman–Crippen LogP) is 4.95. The highest BCUT2D eigenvalue weighted by Gasteiger charge is 2.49. The standard InChI is InChI=1S/C24H26F4N6/c1-14(16-6-4-7-19(21(16)25)24(26,27)28)30-22-17-10-20(29-11-18(17)15(2)31-32-22)34-9-5-8-23(34)12-33(3)13-23/h4,6-7,10-11,14H,5,8-9,12-13H2,1-3H3,(H,30,32)/t14-/m1/s1. The third kappa shape index (κ3) is 3.73. The smallest absolute Gasteiger partial charge is 0.361 e. The van der Waals surface area contributed by atoms with E-state index in [9.17, 15) is 17.6 Å². The van der Waals surface area contributed by atoms with Crippen LogP contribution in [-0.2, 0) is 6.18 Å². The molecule has 34 heavy (non-hydrogen) atoms. The van der Waals surface area contributed by atoms with Crippen molar-refractivity contribution in [2.45, 2.75) is 44.4 Å². The number of anilines is 2.